The van der Waals surface area contributed by atoms with Gasteiger partial charge in [-0.05, 0) is 84.5 Å². The molecule has 2 aromatic heterocycles. The van der Waals surface area contributed by atoms with Gasteiger partial charge in [-0.15, -0.1) is 22.7 Å². The lowest BCUT2D eigenvalue weighted by Crippen LogP contribution is -2.52. The van der Waals surface area contributed by atoms with Crippen LogP contribution in [-0.2, 0) is 9.59 Å². The molecule has 1 aliphatic heterocycles. The van der Waals surface area contributed by atoms with Crippen LogP contribution in [0.15, 0.2) is 122 Å². The Balaban J connectivity index is 0.978. The van der Waals surface area contributed by atoms with Crippen LogP contribution in [0.3, 0.4) is 0 Å². The van der Waals surface area contributed by atoms with Gasteiger partial charge in [-0.2, -0.15) is 0 Å². The van der Waals surface area contributed by atoms with Gasteiger partial charge in [-0.25, -0.2) is 19.6 Å². The van der Waals surface area contributed by atoms with E-state index < -0.39 is 24.3 Å². The Labute approximate surface area is 389 Å². The first-order chi connectivity index (χ1) is 31.4. The van der Waals surface area contributed by atoms with Crippen molar-refractivity contribution in [3.63, 3.8) is 0 Å². The lowest BCUT2D eigenvalue weighted by Gasteiger charge is -2.33. The molecule has 7 rings (SSSR count). The number of benzene rings is 4. The molecule has 338 valence electrons. The third kappa shape index (κ3) is 11.3. The van der Waals surface area contributed by atoms with Gasteiger partial charge in [0, 0.05) is 25.5 Å². The topological polar surface area (TPSA) is 143 Å². The number of hydrogen-bond donors (Lipinski definition) is 2. The van der Waals surface area contributed by atoms with E-state index in [1.165, 1.54) is 0 Å². The quantitative estimate of drug-likeness (QED) is 0.0977. The normalized spacial score (nSPS) is 15.0. The number of nitrogens with zero attached hydrogens (tertiary/aromatic N) is 4. The second-order valence-electron chi connectivity index (χ2n) is 16.7. The van der Waals surface area contributed by atoms with E-state index in [0.717, 1.165) is 54.9 Å². The molecule has 65 heavy (non-hydrogen) atoms. The van der Waals surface area contributed by atoms with Crippen molar-refractivity contribution >= 4 is 46.7 Å². The van der Waals surface area contributed by atoms with Gasteiger partial charge in [-0.3, -0.25) is 9.59 Å². The van der Waals surface area contributed by atoms with Crippen molar-refractivity contribution in [2.45, 2.75) is 85.0 Å². The number of rotatable bonds is 16. The van der Waals surface area contributed by atoms with Crippen LogP contribution in [0.4, 0.5) is 9.59 Å². The van der Waals surface area contributed by atoms with Crippen molar-refractivity contribution in [2.24, 2.45) is 11.8 Å². The molecule has 0 radical (unpaired) electrons. The predicted octanol–water partition coefficient (Wildman–Crippen LogP) is 11.2. The fourth-order valence-corrected chi connectivity index (χ4v) is 10.2. The van der Waals surface area contributed by atoms with Crippen molar-refractivity contribution in [3.05, 3.63) is 132 Å². The average molecular weight is 913 g/mol. The van der Waals surface area contributed by atoms with Gasteiger partial charge in [0.2, 0.25) is 11.8 Å². The summed E-state index contributed by atoms with van der Waals surface area (Å²) in [5.74, 6) is 0.200. The van der Waals surface area contributed by atoms with E-state index in [1.54, 1.807) is 76.1 Å². The molecule has 0 saturated carbocycles. The highest BCUT2D eigenvalue weighted by molar-refractivity contribution is 7.15. The van der Waals surface area contributed by atoms with Crippen LogP contribution in [0.25, 0.3) is 32.0 Å². The van der Waals surface area contributed by atoms with E-state index in [1.807, 2.05) is 71.0 Å². The number of carbonyl (C=O) groups is 4. The van der Waals surface area contributed by atoms with Gasteiger partial charge in [0.25, 0.3) is 0 Å². The first-order valence-electron chi connectivity index (χ1n) is 22.2. The average Bonchev–Trinajstić information content (AvgIpc) is 4.12. The fraction of sp³-hybridized carbons (Fsp3) is 0.333. The maximum absolute atomic E-state index is 14.0. The standard InChI is InChI=1S/C51H56N6O6S2/c1-7-40(56(8-2)48(58)44(32(3)4)54-50(60)62-38-16-11-9-12-17-38)46-52-30-42(64-46)36-25-21-34(22-26-36)35-23-27-37(28-24-35)43-31-53-47(65-43)41-20-15-29-57(41)49(59)45(33(5)6)55-51(61)63-39-18-13-10-14-19-39/h9-14,16-19,21-28,30-33,40-41,44-45H,7-8,15,20,29H2,1-6H3,(H,54,60)(H,55,61)/t40-,41-,44-,45-/m0/s1. The van der Waals surface area contributed by atoms with Gasteiger partial charge in [0.15, 0.2) is 0 Å². The Bertz CT molecular complexity index is 2530. The number of thiazole rings is 2. The van der Waals surface area contributed by atoms with Crippen molar-refractivity contribution in [1.29, 1.82) is 0 Å². The molecule has 14 heteroatoms. The Kier molecular flexibility index (Phi) is 15.4. The molecule has 1 saturated heterocycles. The number of aromatic nitrogens is 2. The summed E-state index contributed by atoms with van der Waals surface area (Å²) in [4.78, 5) is 68.8. The van der Waals surface area contributed by atoms with Gasteiger partial charge in [0.1, 0.15) is 33.6 Å². The Morgan fingerprint density at radius 3 is 1.68 bits per heavy atom. The molecule has 12 nitrogen and oxygen atoms in total. The van der Waals surface area contributed by atoms with Crippen LogP contribution in [0.1, 0.15) is 82.9 Å². The molecule has 4 atom stereocenters. The summed E-state index contributed by atoms with van der Waals surface area (Å²) in [6.07, 6.45) is 4.74. The maximum Gasteiger partial charge on any atom is 0.413 e. The van der Waals surface area contributed by atoms with Crippen LogP contribution >= 0.6 is 22.7 Å². The first kappa shape index (κ1) is 46.6. The Morgan fingerprint density at radius 2 is 1.17 bits per heavy atom. The smallest absolute Gasteiger partial charge is 0.410 e. The molecule has 0 unspecified atom stereocenters. The van der Waals surface area contributed by atoms with Gasteiger partial charge < -0.3 is 29.9 Å². The molecule has 1 aliphatic rings. The monoisotopic (exact) mass is 912 g/mol. The number of nitrogens with one attached hydrogen (secondary N) is 2. The summed E-state index contributed by atoms with van der Waals surface area (Å²) >= 11 is 3.16. The number of para-hydroxylation sites is 2. The molecular weight excluding hydrogens is 857 g/mol. The molecule has 0 aliphatic carbocycles. The number of likely N-dealkylation sites (tertiary alicyclic amines) is 1. The zero-order chi connectivity index (χ0) is 46.0. The van der Waals surface area contributed by atoms with Gasteiger partial charge >= 0.3 is 12.2 Å². The fourth-order valence-electron chi connectivity index (χ4n) is 8.04. The molecule has 0 spiro atoms. The third-order valence-corrected chi connectivity index (χ3v) is 13.8. The lowest BCUT2D eigenvalue weighted by atomic mass is 10.0. The number of carbonyl (C=O) groups excluding carboxylic acids is 4. The SMILES string of the molecule is CC[C@@H](c1ncc(-c2ccc(-c3ccc(-c4cnc([C@@H]5CCCN5C(=O)[C@@H](NC(=O)Oc5ccccc5)C(C)C)s4)cc3)cc2)s1)N(CC)C(=O)[C@@H](NC(=O)Oc1ccccc1)C(C)C. The highest BCUT2D eigenvalue weighted by Crippen LogP contribution is 2.39. The zero-order valence-corrected chi connectivity index (χ0v) is 39.2. The predicted molar refractivity (Wildman–Crippen MR) is 257 cm³/mol. The van der Waals surface area contributed by atoms with Crippen molar-refractivity contribution < 1.29 is 28.7 Å². The van der Waals surface area contributed by atoms with Crippen LogP contribution in [0.5, 0.6) is 11.5 Å². The van der Waals surface area contributed by atoms with E-state index >= 15 is 0 Å². The number of hydrogen-bond acceptors (Lipinski definition) is 10. The lowest BCUT2D eigenvalue weighted by molar-refractivity contribution is -0.137. The molecule has 3 heterocycles. The van der Waals surface area contributed by atoms with Crippen LogP contribution in [0.2, 0.25) is 0 Å². The summed E-state index contributed by atoms with van der Waals surface area (Å²) in [7, 11) is 0. The summed E-state index contributed by atoms with van der Waals surface area (Å²) in [6, 6.07) is 32.5. The van der Waals surface area contributed by atoms with E-state index in [4.69, 9.17) is 19.4 Å². The van der Waals surface area contributed by atoms with E-state index in [9.17, 15) is 19.2 Å². The van der Waals surface area contributed by atoms with Crippen LogP contribution in [0, 0.1) is 11.8 Å². The van der Waals surface area contributed by atoms with Crippen molar-refractivity contribution in [1.82, 2.24) is 30.4 Å². The van der Waals surface area contributed by atoms with Crippen LogP contribution in [-0.4, -0.2) is 68.9 Å². The minimum atomic E-state index is -0.770. The second kappa shape index (κ2) is 21.5. The Hall–Kier alpha value is -6.38. The van der Waals surface area contributed by atoms with E-state index in [0.29, 0.717) is 31.0 Å². The highest BCUT2D eigenvalue weighted by Gasteiger charge is 2.38. The third-order valence-electron chi connectivity index (χ3n) is 11.5. The largest absolute Gasteiger partial charge is 0.413 e. The summed E-state index contributed by atoms with van der Waals surface area (Å²) < 4.78 is 10.9. The van der Waals surface area contributed by atoms with E-state index in [-0.39, 0.29) is 35.7 Å². The van der Waals surface area contributed by atoms with Gasteiger partial charge in [0.05, 0.1) is 21.8 Å². The Morgan fingerprint density at radius 1 is 0.677 bits per heavy atom. The zero-order valence-electron chi connectivity index (χ0n) is 37.6. The molecule has 4 aromatic carbocycles. The minimum absolute atomic E-state index is 0.134. The van der Waals surface area contributed by atoms with Crippen LogP contribution < -0.4 is 20.1 Å². The number of ether oxygens (including phenoxy) is 2. The first-order valence-corrected chi connectivity index (χ1v) is 23.9. The highest BCUT2D eigenvalue weighted by atomic mass is 32.1. The maximum atomic E-state index is 14.0. The molecule has 1 fully saturated rings. The summed E-state index contributed by atoms with van der Waals surface area (Å²) in [6.45, 7) is 12.7. The molecule has 0 bridgehead atoms. The van der Waals surface area contributed by atoms with Crippen molar-refractivity contribution in [3.8, 4) is 43.5 Å². The molecule has 6 aromatic rings. The van der Waals surface area contributed by atoms with Gasteiger partial charge in [-0.1, -0.05) is 120 Å². The number of likely N-dealkylation sites (N-methyl/N-ethyl adjacent to an activating group) is 1. The summed E-state index contributed by atoms with van der Waals surface area (Å²) in [5, 5.41) is 7.33. The second-order valence-corrected chi connectivity index (χ2v) is 18.8. The summed E-state index contributed by atoms with van der Waals surface area (Å²) in [5.41, 5.74) is 4.22. The van der Waals surface area contributed by atoms with Crippen molar-refractivity contribution in [2.75, 3.05) is 13.1 Å². The molecular formula is C51H56N6O6S2. The van der Waals surface area contributed by atoms with E-state index in [2.05, 4.69) is 59.2 Å². The molecule has 4 amide bonds. The number of amides is 4. The molecule has 2 N–H and O–H groups in total. The minimum Gasteiger partial charge on any atom is -0.410 e.